The number of anilines is 1. The molecule has 0 aliphatic heterocycles. The Morgan fingerprint density at radius 2 is 2.00 bits per heavy atom. The van der Waals surface area contributed by atoms with Crippen molar-refractivity contribution in [2.24, 2.45) is 0 Å². The van der Waals surface area contributed by atoms with Gasteiger partial charge in [-0.3, -0.25) is 19.7 Å². The van der Waals surface area contributed by atoms with E-state index in [0.29, 0.717) is 11.7 Å². The fourth-order valence-corrected chi connectivity index (χ4v) is 3.83. The van der Waals surface area contributed by atoms with Crippen molar-refractivity contribution >= 4 is 32.6 Å². The summed E-state index contributed by atoms with van der Waals surface area (Å²) in [4.78, 5) is 32.1. The number of carbonyl (C=O) groups is 1. The number of nitrogens with zero attached hydrogens (tertiary/aromatic N) is 5. The van der Waals surface area contributed by atoms with E-state index in [1.807, 2.05) is 30.3 Å². The van der Waals surface area contributed by atoms with E-state index >= 15 is 0 Å². The Labute approximate surface area is 160 Å². The minimum absolute atomic E-state index is 0.245. The Hall–Kier alpha value is -3.19. The topological polar surface area (TPSA) is 71.9 Å². The summed E-state index contributed by atoms with van der Waals surface area (Å²) in [5.41, 5.74) is 3.17. The third-order valence-corrected chi connectivity index (χ3v) is 5.22. The van der Waals surface area contributed by atoms with Crippen molar-refractivity contribution in [3.8, 4) is 0 Å². The molecule has 4 rings (SSSR count). The maximum absolute atomic E-state index is 13.1. The highest BCUT2D eigenvalue weighted by atomic mass is 32.1. The fourth-order valence-electron chi connectivity index (χ4n) is 2.82. The molecule has 0 fully saturated rings. The fraction of sp³-hybridized carbons (Fsp3) is 0.150. The molecular formula is C20H17N5OS. The summed E-state index contributed by atoms with van der Waals surface area (Å²) in [7, 11) is 0. The second kappa shape index (κ2) is 7.59. The smallest absolute Gasteiger partial charge is 0.276 e. The van der Waals surface area contributed by atoms with Gasteiger partial charge in [0.25, 0.3) is 5.91 Å². The quantitative estimate of drug-likeness (QED) is 0.529. The number of hydrogen-bond donors (Lipinski definition) is 0. The molecule has 0 radical (unpaired) electrons. The van der Waals surface area contributed by atoms with Crippen molar-refractivity contribution in [3.05, 3.63) is 78.1 Å². The number of para-hydroxylation sites is 1. The van der Waals surface area contributed by atoms with Gasteiger partial charge in [0.15, 0.2) is 5.13 Å². The van der Waals surface area contributed by atoms with Crippen molar-refractivity contribution in [3.63, 3.8) is 0 Å². The van der Waals surface area contributed by atoms with E-state index in [0.717, 1.165) is 22.3 Å². The molecular weight excluding hydrogens is 358 g/mol. The Morgan fingerprint density at radius 1 is 1.07 bits per heavy atom. The Bertz CT molecular complexity index is 1070. The Kier molecular flexibility index (Phi) is 4.84. The van der Waals surface area contributed by atoms with Crippen molar-refractivity contribution < 1.29 is 4.79 Å². The molecule has 0 N–H and O–H groups in total. The first-order valence-electron chi connectivity index (χ1n) is 8.62. The van der Waals surface area contributed by atoms with E-state index in [1.165, 1.54) is 29.3 Å². The molecule has 3 heterocycles. The predicted octanol–water partition coefficient (Wildman–Crippen LogP) is 3.89. The first-order valence-corrected chi connectivity index (χ1v) is 9.44. The third kappa shape index (κ3) is 3.54. The monoisotopic (exact) mass is 375 g/mol. The summed E-state index contributed by atoms with van der Waals surface area (Å²) >= 11 is 1.50. The Morgan fingerprint density at radius 3 is 2.74 bits per heavy atom. The Balaban J connectivity index is 1.79. The molecule has 0 aliphatic carbocycles. The van der Waals surface area contributed by atoms with Gasteiger partial charge in [0.2, 0.25) is 0 Å². The number of aromatic nitrogens is 4. The molecule has 0 aliphatic rings. The third-order valence-electron chi connectivity index (χ3n) is 4.18. The largest absolute Gasteiger partial charge is 0.280 e. The van der Waals surface area contributed by atoms with E-state index in [2.05, 4.69) is 27.9 Å². The van der Waals surface area contributed by atoms with E-state index in [1.54, 1.807) is 17.3 Å². The summed E-state index contributed by atoms with van der Waals surface area (Å²) in [5.74, 6) is -0.245. The second-order valence-electron chi connectivity index (χ2n) is 5.92. The van der Waals surface area contributed by atoms with Gasteiger partial charge >= 0.3 is 0 Å². The summed E-state index contributed by atoms with van der Waals surface area (Å²) in [6, 6.07) is 11.8. The standard InChI is InChI=1S/C20H17N5OS/c1-2-14-6-5-8-17-18(14)24-20(27-17)25(13-15-7-3-4-9-22-15)19(26)16-12-21-10-11-23-16/h3-12H,2,13H2,1H3. The van der Waals surface area contributed by atoms with E-state index in [-0.39, 0.29) is 11.6 Å². The molecule has 0 atom stereocenters. The van der Waals surface area contributed by atoms with E-state index in [4.69, 9.17) is 4.98 Å². The lowest BCUT2D eigenvalue weighted by atomic mass is 10.1. The zero-order valence-corrected chi connectivity index (χ0v) is 15.6. The molecule has 7 heteroatoms. The highest BCUT2D eigenvalue weighted by molar-refractivity contribution is 7.22. The van der Waals surface area contributed by atoms with Gasteiger partial charge in [-0.25, -0.2) is 9.97 Å². The molecule has 134 valence electrons. The molecule has 0 spiro atoms. The van der Waals surface area contributed by atoms with Crippen molar-refractivity contribution in [2.75, 3.05) is 4.90 Å². The van der Waals surface area contributed by atoms with Crippen molar-refractivity contribution in [1.29, 1.82) is 0 Å². The van der Waals surface area contributed by atoms with Crippen LogP contribution in [0.15, 0.2) is 61.2 Å². The number of pyridine rings is 1. The molecule has 0 bridgehead atoms. The zero-order chi connectivity index (χ0) is 18.6. The van der Waals surface area contributed by atoms with Gasteiger partial charge in [0, 0.05) is 18.6 Å². The summed E-state index contributed by atoms with van der Waals surface area (Å²) < 4.78 is 1.06. The van der Waals surface area contributed by atoms with Crippen LogP contribution < -0.4 is 4.90 Å². The molecule has 6 nitrogen and oxygen atoms in total. The number of amides is 1. The van der Waals surface area contributed by atoms with Gasteiger partial charge in [-0.05, 0) is 30.2 Å². The van der Waals surface area contributed by atoms with Crippen molar-refractivity contribution in [2.45, 2.75) is 19.9 Å². The van der Waals surface area contributed by atoms with Crippen LogP contribution in [0.1, 0.15) is 28.7 Å². The van der Waals surface area contributed by atoms with Gasteiger partial charge in [0.05, 0.1) is 28.7 Å². The van der Waals surface area contributed by atoms with Crippen LogP contribution >= 0.6 is 11.3 Å². The van der Waals surface area contributed by atoms with Crippen LogP contribution in [-0.2, 0) is 13.0 Å². The maximum atomic E-state index is 13.1. The highest BCUT2D eigenvalue weighted by Gasteiger charge is 2.23. The van der Waals surface area contributed by atoms with Gasteiger partial charge in [-0.15, -0.1) is 0 Å². The first-order chi connectivity index (χ1) is 13.3. The minimum Gasteiger partial charge on any atom is -0.276 e. The number of hydrogen-bond acceptors (Lipinski definition) is 6. The number of thiazole rings is 1. The molecule has 0 saturated heterocycles. The molecule has 0 unspecified atom stereocenters. The van der Waals surface area contributed by atoms with Crippen LogP contribution in [0.25, 0.3) is 10.2 Å². The minimum atomic E-state index is -0.245. The van der Waals surface area contributed by atoms with Crippen LogP contribution in [0.2, 0.25) is 0 Å². The lowest BCUT2D eigenvalue weighted by molar-refractivity contribution is 0.0979. The van der Waals surface area contributed by atoms with Gasteiger partial charge in [-0.1, -0.05) is 36.5 Å². The second-order valence-corrected chi connectivity index (χ2v) is 6.93. The lowest BCUT2D eigenvalue weighted by Crippen LogP contribution is -2.31. The maximum Gasteiger partial charge on any atom is 0.280 e. The summed E-state index contributed by atoms with van der Waals surface area (Å²) in [6.45, 7) is 2.42. The lowest BCUT2D eigenvalue weighted by Gasteiger charge is -2.18. The number of rotatable bonds is 5. The SMILES string of the molecule is CCc1cccc2sc(N(Cc3ccccn3)C(=O)c3cnccn3)nc12. The normalized spacial score (nSPS) is 10.9. The van der Waals surface area contributed by atoms with Crippen molar-refractivity contribution in [1.82, 2.24) is 19.9 Å². The van der Waals surface area contributed by atoms with Crippen LogP contribution in [0.4, 0.5) is 5.13 Å². The number of aryl methyl sites for hydroxylation is 1. The van der Waals surface area contributed by atoms with Crippen LogP contribution in [-0.4, -0.2) is 25.8 Å². The zero-order valence-electron chi connectivity index (χ0n) is 14.7. The van der Waals surface area contributed by atoms with Crippen LogP contribution in [0, 0.1) is 0 Å². The highest BCUT2D eigenvalue weighted by Crippen LogP contribution is 2.32. The first kappa shape index (κ1) is 17.2. The molecule has 1 amide bonds. The number of fused-ring (bicyclic) bond motifs is 1. The van der Waals surface area contributed by atoms with Crippen LogP contribution in [0.5, 0.6) is 0 Å². The average molecular weight is 375 g/mol. The number of carbonyl (C=O) groups excluding carboxylic acids is 1. The molecule has 0 saturated carbocycles. The average Bonchev–Trinajstić information content (AvgIpc) is 3.17. The van der Waals surface area contributed by atoms with Gasteiger partial charge < -0.3 is 0 Å². The summed E-state index contributed by atoms with van der Waals surface area (Å²) in [6.07, 6.45) is 7.13. The summed E-state index contributed by atoms with van der Waals surface area (Å²) in [5, 5.41) is 0.632. The molecule has 3 aromatic heterocycles. The molecule has 27 heavy (non-hydrogen) atoms. The molecule has 4 aromatic rings. The number of benzene rings is 1. The van der Waals surface area contributed by atoms with E-state index < -0.39 is 0 Å². The van der Waals surface area contributed by atoms with E-state index in [9.17, 15) is 4.79 Å². The molecule has 1 aromatic carbocycles. The van der Waals surface area contributed by atoms with Crippen LogP contribution in [0.3, 0.4) is 0 Å². The van der Waals surface area contributed by atoms with Gasteiger partial charge in [-0.2, -0.15) is 0 Å². The predicted molar refractivity (Wildman–Crippen MR) is 106 cm³/mol. The van der Waals surface area contributed by atoms with Gasteiger partial charge in [0.1, 0.15) is 5.69 Å².